The van der Waals surface area contributed by atoms with Gasteiger partial charge in [0.1, 0.15) is 0 Å². The Morgan fingerprint density at radius 3 is 1.19 bits per heavy atom. The Morgan fingerprint density at radius 1 is 0.452 bits per heavy atom. The van der Waals surface area contributed by atoms with Gasteiger partial charge in [0.2, 0.25) is 0 Å². The zero-order valence-corrected chi connectivity index (χ0v) is 23.1. The van der Waals surface area contributed by atoms with E-state index in [2.05, 4.69) is 55.4 Å². The minimum absolute atomic E-state index is 0.452. The SMILES string of the molecule is CC(C)CCCC(C)CCCC(C)CCCCC(C)(O)CCCC(C)CCCC(C)C. The molecule has 1 heteroatoms. The van der Waals surface area contributed by atoms with E-state index in [0.29, 0.717) is 0 Å². The van der Waals surface area contributed by atoms with Crippen molar-refractivity contribution in [2.24, 2.45) is 29.6 Å². The maximum atomic E-state index is 10.7. The monoisotopic (exact) mass is 438 g/mol. The van der Waals surface area contributed by atoms with Crippen LogP contribution in [0.5, 0.6) is 0 Å². The normalized spacial score (nSPS) is 17.1. The van der Waals surface area contributed by atoms with Gasteiger partial charge in [0.15, 0.2) is 0 Å². The largest absolute Gasteiger partial charge is 0.390 e. The van der Waals surface area contributed by atoms with E-state index in [-0.39, 0.29) is 0 Å². The first-order valence-corrected chi connectivity index (χ1v) is 14.2. The summed E-state index contributed by atoms with van der Waals surface area (Å²) in [6.07, 6.45) is 20.7. The van der Waals surface area contributed by atoms with E-state index < -0.39 is 5.60 Å². The van der Waals surface area contributed by atoms with Crippen molar-refractivity contribution in [3.05, 3.63) is 0 Å². The molecule has 1 nitrogen and oxygen atoms in total. The Balaban J connectivity index is 3.71. The molecule has 1 N–H and O–H groups in total. The van der Waals surface area contributed by atoms with Gasteiger partial charge in [-0.3, -0.25) is 0 Å². The molecule has 4 unspecified atom stereocenters. The van der Waals surface area contributed by atoms with Crippen molar-refractivity contribution >= 4 is 0 Å². The van der Waals surface area contributed by atoms with Gasteiger partial charge >= 0.3 is 0 Å². The Bertz CT molecular complexity index is 384. The van der Waals surface area contributed by atoms with E-state index in [1.807, 2.05) is 0 Å². The summed E-state index contributed by atoms with van der Waals surface area (Å²) < 4.78 is 0. The van der Waals surface area contributed by atoms with Gasteiger partial charge in [-0.1, -0.05) is 138 Å². The third-order valence-corrected chi connectivity index (χ3v) is 7.43. The second-order valence-electron chi connectivity index (χ2n) is 12.5. The van der Waals surface area contributed by atoms with Crippen LogP contribution >= 0.6 is 0 Å². The molecule has 4 atom stereocenters. The molecule has 0 amide bonds. The molecule has 0 heterocycles. The fourth-order valence-corrected chi connectivity index (χ4v) is 4.95. The summed E-state index contributed by atoms with van der Waals surface area (Å²) >= 11 is 0. The first kappa shape index (κ1) is 31.0. The van der Waals surface area contributed by atoms with Gasteiger partial charge in [-0.25, -0.2) is 0 Å². The molecule has 0 spiro atoms. The second-order valence-corrected chi connectivity index (χ2v) is 12.5. The lowest BCUT2D eigenvalue weighted by molar-refractivity contribution is 0.0354. The molecule has 0 aromatic carbocycles. The molecular formula is C30H62O. The first-order valence-electron chi connectivity index (χ1n) is 14.2. The smallest absolute Gasteiger partial charge is 0.0619 e. The molecule has 188 valence electrons. The Kier molecular flexibility index (Phi) is 18.4. The number of hydrogen-bond donors (Lipinski definition) is 1. The van der Waals surface area contributed by atoms with Crippen LogP contribution in [0.4, 0.5) is 0 Å². The molecule has 0 aromatic heterocycles. The molecule has 0 saturated heterocycles. The number of aliphatic hydroxyl groups is 1. The number of rotatable bonds is 21. The predicted molar refractivity (Wildman–Crippen MR) is 142 cm³/mol. The molecule has 31 heavy (non-hydrogen) atoms. The first-order chi connectivity index (χ1) is 14.5. The Labute approximate surface area is 198 Å². The maximum absolute atomic E-state index is 10.7. The van der Waals surface area contributed by atoms with E-state index in [4.69, 9.17) is 0 Å². The van der Waals surface area contributed by atoms with Crippen LogP contribution in [-0.4, -0.2) is 10.7 Å². The van der Waals surface area contributed by atoms with E-state index in [1.165, 1.54) is 89.9 Å². The lowest BCUT2D eigenvalue weighted by Crippen LogP contribution is -2.24. The van der Waals surface area contributed by atoms with Gasteiger partial charge in [-0.2, -0.15) is 0 Å². The highest BCUT2D eigenvalue weighted by Crippen LogP contribution is 2.26. The third kappa shape index (κ3) is 21.6. The summed E-state index contributed by atoms with van der Waals surface area (Å²) in [7, 11) is 0. The summed E-state index contributed by atoms with van der Waals surface area (Å²) in [5.74, 6) is 4.25. The highest BCUT2D eigenvalue weighted by Gasteiger charge is 2.20. The third-order valence-electron chi connectivity index (χ3n) is 7.43. The van der Waals surface area contributed by atoms with Crippen LogP contribution in [0.1, 0.15) is 158 Å². The zero-order chi connectivity index (χ0) is 23.7. The lowest BCUT2D eigenvalue weighted by atomic mass is 9.88. The summed E-state index contributed by atoms with van der Waals surface area (Å²) in [6.45, 7) is 18.6. The van der Waals surface area contributed by atoms with Crippen LogP contribution in [0.15, 0.2) is 0 Å². The van der Waals surface area contributed by atoms with Gasteiger partial charge in [0.05, 0.1) is 5.60 Å². The standard InChI is InChI=1S/C30H62O/c1-25(2)15-11-18-28(6)21-13-20-27(5)17-9-10-23-30(8,31)24-14-22-29(7)19-12-16-26(3)4/h25-29,31H,9-24H2,1-8H3. The second kappa shape index (κ2) is 18.4. The molecule has 0 radical (unpaired) electrons. The van der Waals surface area contributed by atoms with Gasteiger partial charge < -0.3 is 5.11 Å². The van der Waals surface area contributed by atoms with E-state index in [1.54, 1.807) is 0 Å². The molecule has 0 aromatic rings. The summed E-state index contributed by atoms with van der Waals surface area (Å²) in [6, 6.07) is 0. The van der Waals surface area contributed by atoms with Crippen molar-refractivity contribution < 1.29 is 5.11 Å². The zero-order valence-electron chi connectivity index (χ0n) is 23.1. The highest BCUT2D eigenvalue weighted by atomic mass is 16.3. The fourth-order valence-electron chi connectivity index (χ4n) is 4.95. The Morgan fingerprint density at radius 2 is 0.774 bits per heavy atom. The molecule has 0 fully saturated rings. The van der Waals surface area contributed by atoms with Crippen molar-refractivity contribution in [2.45, 2.75) is 164 Å². The average molecular weight is 439 g/mol. The summed E-state index contributed by atoms with van der Waals surface area (Å²) in [5.41, 5.74) is -0.452. The van der Waals surface area contributed by atoms with Gasteiger partial charge in [-0.05, 0) is 49.4 Å². The minimum Gasteiger partial charge on any atom is -0.390 e. The maximum Gasteiger partial charge on any atom is 0.0619 e. The van der Waals surface area contributed by atoms with Crippen molar-refractivity contribution in [1.29, 1.82) is 0 Å². The van der Waals surface area contributed by atoms with E-state index >= 15 is 0 Å². The van der Waals surface area contributed by atoms with Crippen molar-refractivity contribution in [3.63, 3.8) is 0 Å². The summed E-state index contributed by atoms with van der Waals surface area (Å²) in [4.78, 5) is 0. The molecule has 0 aliphatic rings. The van der Waals surface area contributed by atoms with Crippen LogP contribution in [0.3, 0.4) is 0 Å². The summed E-state index contributed by atoms with van der Waals surface area (Å²) in [5, 5.41) is 10.7. The molecule has 0 saturated carbocycles. The predicted octanol–water partition coefficient (Wildman–Crippen LogP) is 10.2. The Hall–Kier alpha value is -0.0400. The average Bonchev–Trinajstić information content (AvgIpc) is 2.64. The van der Waals surface area contributed by atoms with Crippen molar-refractivity contribution in [2.75, 3.05) is 0 Å². The van der Waals surface area contributed by atoms with Crippen LogP contribution in [-0.2, 0) is 0 Å². The molecule has 0 aliphatic carbocycles. The molecule has 0 rings (SSSR count). The lowest BCUT2D eigenvalue weighted by Gasteiger charge is -2.24. The van der Waals surface area contributed by atoms with Gasteiger partial charge in [0, 0.05) is 0 Å². The van der Waals surface area contributed by atoms with Crippen LogP contribution in [0.25, 0.3) is 0 Å². The molecular weight excluding hydrogens is 376 g/mol. The van der Waals surface area contributed by atoms with Crippen molar-refractivity contribution in [1.82, 2.24) is 0 Å². The number of hydrogen-bond acceptors (Lipinski definition) is 1. The minimum atomic E-state index is -0.452. The fraction of sp³-hybridized carbons (Fsp3) is 1.00. The topological polar surface area (TPSA) is 20.2 Å². The van der Waals surface area contributed by atoms with E-state index in [0.717, 1.165) is 42.4 Å². The van der Waals surface area contributed by atoms with Crippen molar-refractivity contribution in [3.8, 4) is 0 Å². The molecule has 0 aliphatic heterocycles. The van der Waals surface area contributed by atoms with Crippen LogP contribution < -0.4 is 0 Å². The van der Waals surface area contributed by atoms with Gasteiger partial charge in [0.25, 0.3) is 0 Å². The highest BCUT2D eigenvalue weighted by molar-refractivity contribution is 4.73. The molecule has 0 bridgehead atoms. The van der Waals surface area contributed by atoms with Gasteiger partial charge in [-0.15, -0.1) is 0 Å². The van der Waals surface area contributed by atoms with Crippen LogP contribution in [0, 0.1) is 29.6 Å². The van der Waals surface area contributed by atoms with E-state index in [9.17, 15) is 5.11 Å². The van der Waals surface area contributed by atoms with Crippen LogP contribution in [0.2, 0.25) is 0 Å². The number of unbranched alkanes of at least 4 members (excludes halogenated alkanes) is 1. The quantitative estimate of drug-likeness (QED) is 0.177.